The van der Waals surface area contributed by atoms with Gasteiger partial charge in [-0.25, -0.2) is 0 Å². The van der Waals surface area contributed by atoms with Crippen LogP contribution in [0.5, 0.6) is 0 Å². The number of para-hydroxylation sites is 1. The molecule has 1 saturated heterocycles. The number of piperidine rings is 1. The zero-order valence-corrected chi connectivity index (χ0v) is 11.5. The lowest BCUT2D eigenvalue weighted by atomic mass is 9.85. The molecule has 2 atom stereocenters. The summed E-state index contributed by atoms with van der Waals surface area (Å²) in [4.78, 5) is 12.2. The van der Waals surface area contributed by atoms with Crippen LogP contribution >= 0.6 is 0 Å². The third-order valence-corrected chi connectivity index (χ3v) is 4.47. The lowest BCUT2D eigenvalue weighted by molar-refractivity contribution is -0.117. The molecule has 102 valence electrons. The molecule has 0 aromatic heterocycles. The highest BCUT2D eigenvalue weighted by Gasteiger charge is 2.33. The van der Waals surface area contributed by atoms with Gasteiger partial charge in [-0.2, -0.15) is 0 Å². The number of carbonyl (C=O) groups is 1. The molecule has 1 amide bonds. The van der Waals surface area contributed by atoms with Crippen LogP contribution in [0.2, 0.25) is 0 Å². The van der Waals surface area contributed by atoms with Crippen molar-refractivity contribution in [2.45, 2.75) is 38.5 Å². The van der Waals surface area contributed by atoms with E-state index in [-0.39, 0.29) is 11.8 Å². The van der Waals surface area contributed by atoms with Gasteiger partial charge < -0.3 is 10.6 Å². The van der Waals surface area contributed by atoms with Crippen LogP contribution in [0.4, 0.5) is 5.69 Å². The van der Waals surface area contributed by atoms with Crippen LogP contribution < -0.4 is 10.6 Å². The topological polar surface area (TPSA) is 41.1 Å². The first-order valence-electron chi connectivity index (χ1n) is 7.43. The Hall–Kier alpha value is -1.35. The van der Waals surface area contributed by atoms with Crippen LogP contribution in [0, 0.1) is 5.92 Å². The predicted molar refractivity (Wildman–Crippen MR) is 77.4 cm³/mol. The Kier molecular flexibility index (Phi) is 3.56. The van der Waals surface area contributed by atoms with Crippen molar-refractivity contribution in [3.63, 3.8) is 0 Å². The lowest BCUT2D eigenvalue weighted by Crippen LogP contribution is -2.31. The molecule has 2 N–H and O–H groups in total. The first kappa shape index (κ1) is 12.7. The number of amides is 1. The van der Waals surface area contributed by atoms with Gasteiger partial charge in [0.2, 0.25) is 5.91 Å². The van der Waals surface area contributed by atoms with E-state index in [1.54, 1.807) is 0 Å². The largest absolute Gasteiger partial charge is 0.325 e. The van der Waals surface area contributed by atoms with Crippen molar-refractivity contribution in [1.82, 2.24) is 5.32 Å². The van der Waals surface area contributed by atoms with Gasteiger partial charge in [0.15, 0.2) is 0 Å². The Morgan fingerprint density at radius 1 is 1.37 bits per heavy atom. The van der Waals surface area contributed by atoms with E-state index in [0.717, 1.165) is 31.6 Å². The second-order valence-corrected chi connectivity index (χ2v) is 5.72. The number of aryl methyl sites for hydroxylation is 1. The molecule has 2 aliphatic heterocycles. The monoisotopic (exact) mass is 258 g/mol. The van der Waals surface area contributed by atoms with E-state index in [1.165, 1.54) is 24.0 Å². The van der Waals surface area contributed by atoms with Crippen molar-refractivity contribution in [1.29, 1.82) is 0 Å². The summed E-state index contributed by atoms with van der Waals surface area (Å²) < 4.78 is 0. The molecule has 0 spiro atoms. The zero-order chi connectivity index (χ0) is 13.2. The predicted octanol–water partition coefficient (Wildman–Crippen LogP) is 2.67. The van der Waals surface area contributed by atoms with Crippen molar-refractivity contribution in [3.05, 3.63) is 29.3 Å². The smallest absolute Gasteiger partial charge is 0.232 e. The number of fused-ring (bicyclic) bond motifs is 1. The Bertz CT molecular complexity index is 478. The summed E-state index contributed by atoms with van der Waals surface area (Å²) in [6, 6.07) is 6.32. The molecule has 0 saturated carbocycles. The number of carbonyl (C=O) groups excluding carboxylic acids is 1. The van der Waals surface area contributed by atoms with E-state index in [0.29, 0.717) is 5.92 Å². The fourth-order valence-electron chi connectivity index (χ4n) is 3.40. The van der Waals surface area contributed by atoms with Gasteiger partial charge in [0.05, 0.1) is 5.92 Å². The van der Waals surface area contributed by atoms with Gasteiger partial charge >= 0.3 is 0 Å². The first-order chi connectivity index (χ1) is 9.29. The SMILES string of the molecule is CCc1cccc2c1NC(=O)C2CC1CCCNC1. The Labute approximate surface area is 114 Å². The maximum atomic E-state index is 12.2. The zero-order valence-electron chi connectivity index (χ0n) is 11.5. The normalized spacial score (nSPS) is 26.1. The standard InChI is InChI=1S/C16H22N2O/c1-2-12-6-3-7-13-14(16(19)18-15(12)13)9-11-5-4-8-17-10-11/h3,6-7,11,14,17H,2,4-5,8-10H2,1H3,(H,18,19). The van der Waals surface area contributed by atoms with Gasteiger partial charge in [0.1, 0.15) is 0 Å². The number of hydrogen-bond donors (Lipinski definition) is 2. The Morgan fingerprint density at radius 2 is 2.26 bits per heavy atom. The minimum Gasteiger partial charge on any atom is -0.325 e. The summed E-state index contributed by atoms with van der Waals surface area (Å²) in [6.07, 6.45) is 4.45. The molecule has 2 heterocycles. The average molecular weight is 258 g/mol. The highest BCUT2D eigenvalue weighted by Crippen LogP contribution is 2.39. The van der Waals surface area contributed by atoms with Gasteiger partial charge in [0, 0.05) is 5.69 Å². The minimum absolute atomic E-state index is 0.0615. The van der Waals surface area contributed by atoms with E-state index in [2.05, 4.69) is 35.8 Å². The molecule has 0 aliphatic carbocycles. The summed E-state index contributed by atoms with van der Waals surface area (Å²) in [7, 11) is 0. The van der Waals surface area contributed by atoms with E-state index in [4.69, 9.17) is 0 Å². The second-order valence-electron chi connectivity index (χ2n) is 5.72. The van der Waals surface area contributed by atoms with Crippen molar-refractivity contribution < 1.29 is 4.79 Å². The second kappa shape index (κ2) is 5.33. The van der Waals surface area contributed by atoms with Crippen LogP contribution in [-0.4, -0.2) is 19.0 Å². The van der Waals surface area contributed by atoms with Crippen LogP contribution in [-0.2, 0) is 11.2 Å². The van der Waals surface area contributed by atoms with E-state index >= 15 is 0 Å². The highest BCUT2D eigenvalue weighted by atomic mass is 16.2. The molecule has 1 aromatic rings. The van der Waals surface area contributed by atoms with Gasteiger partial charge in [-0.3, -0.25) is 4.79 Å². The van der Waals surface area contributed by atoms with Crippen molar-refractivity contribution >= 4 is 11.6 Å². The number of hydrogen-bond acceptors (Lipinski definition) is 2. The minimum atomic E-state index is 0.0615. The quantitative estimate of drug-likeness (QED) is 0.875. The van der Waals surface area contributed by atoms with Crippen LogP contribution in [0.15, 0.2) is 18.2 Å². The molecule has 1 aromatic carbocycles. The van der Waals surface area contributed by atoms with Gasteiger partial charge in [-0.05, 0) is 55.8 Å². The molecular weight excluding hydrogens is 236 g/mol. The molecule has 3 rings (SSSR count). The van der Waals surface area contributed by atoms with Crippen molar-refractivity contribution in [2.24, 2.45) is 5.92 Å². The molecule has 2 unspecified atom stereocenters. The van der Waals surface area contributed by atoms with Gasteiger partial charge in [-0.1, -0.05) is 25.1 Å². The molecule has 3 nitrogen and oxygen atoms in total. The third-order valence-electron chi connectivity index (χ3n) is 4.47. The molecule has 0 radical (unpaired) electrons. The number of benzene rings is 1. The summed E-state index contributed by atoms with van der Waals surface area (Å²) in [5.41, 5.74) is 3.56. The summed E-state index contributed by atoms with van der Waals surface area (Å²) in [5, 5.41) is 6.54. The number of anilines is 1. The maximum Gasteiger partial charge on any atom is 0.232 e. The fourth-order valence-corrected chi connectivity index (χ4v) is 3.40. The van der Waals surface area contributed by atoms with Crippen LogP contribution in [0.3, 0.4) is 0 Å². The maximum absolute atomic E-state index is 12.2. The fraction of sp³-hybridized carbons (Fsp3) is 0.562. The molecule has 0 bridgehead atoms. The van der Waals surface area contributed by atoms with Gasteiger partial charge in [0.25, 0.3) is 0 Å². The molecular formula is C16H22N2O. The van der Waals surface area contributed by atoms with E-state index in [9.17, 15) is 4.79 Å². The third kappa shape index (κ3) is 2.39. The average Bonchev–Trinajstić information content (AvgIpc) is 2.76. The van der Waals surface area contributed by atoms with Gasteiger partial charge in [-0.15, -0.1) is 0 Å². The van der Waals surface area contributed by atoms with Crippen LogP contribution in [0.1, 0.15) is 43.2 Å². The lowest BCUT2D eigenvalue weighted by Gasteiger charge is -2.24. The summed E-state index contributed by atoms with van der Waals surface area (Å²) in [5.74, 6) is 0.897. The Morgan fingerprint density at radius 3 is 3.00 bits per heavy atom. The van der Waals surface area contributed by atoms with E-state index < -0.39 is 0 Å². The number of rotatable bonds is 3. The summed E-state index contributed by atoms with van der Waals surface area (Å²) >= 11 is 0. The highest BCUT2D eigenvalue weighted by molar-refractivity contribution is 6.03. The van der Waals surface area contributed by atoms with Crippen molar-refractivity contribution in [2.75, 3.05) is 18.4 Å². The van der Waals surface area contributed by atoms with Crippen molar-refractivity contribution in [3.8, 4) is 0 Å². The number of nitrogens with one attached hydrogen (secondary N) is 2. The van der Waals surface area contributed by atoms with E-state index in [1.807, 2.05) is 0 Å². The Balaban J connectivity index is 1.82. The molecule has 2 aliphatic rings. The summed E-state index contributed by atoms with van der Waals surface area (Å²) in [6.45, 7) is 4.33. The molecule has 3 heteroatoms. The molecule has 1 fully saturated rings. The first-order valence-corrected chi connectivity index (χ1v) is 7.43. The van der Waals surface area contributed by atoms with Crippen LogP contribution in [0.25, 0.3) is 0 Å². The molecule has 19 heavy (non-hydrogen) atoms.